The summed E-state index contributed by atoms with van der Waals surface area (Å²) in [6, 6.07) is -0.332. The number of carbonyl (C=O) groups excluding carboxylic acids is 1. The van der Waals surface area contributed by atoms with E-state index in [0.717, 1.165) is 19.4 Å². The number of rotatable bonds is 6. The lowest BCUT2D eigenvalue weighted by Crippen LogP contribution is -2.46. The summed E-state index contributed by atoms with van der Waals surface area (Å²) in [5, 5.41) is 11.5. The van der Waals surface area contributed by atoms with Gasteiger partial charge in [-0.25, -0.2) is 4.79 Å². The van der Waals surface area contributed by atoms with Crippen LogP contribution in [0.1, 0.15) is 26.7 Å². The van der Waals surface area contributed by atoms with Crippen molar-refractivity contribution in [1.29, 1.82) is 0 Å². The molecule has 1 rings (SSSR count). The monoisotopic (exact) mass is 258 g/mol. The van der Waals surface area contributed by atoms with Gasteiger partial charge in [-0.05, 0) is 18.8 Å². The van der Waals surface area contributed by atoms with Crippen molar-refractivity contribution < 1.29 is 19.4 Å². The summed E-state index contributed by atoms with van der Waals surface area (Å²) < 4.78 is 5.40. The van der Waals surface area contributed by atoms with Gasteiger partial charge in [0.05, 0.1) is 6.10 Å². The first kappa shape index (κ1) is 14.8. The molecular weight excluding hydrogens is 236 g/mol. The molecule has 1 heterocycles. The van der Waals surface area contributed by atoms with Crippen molar-refractivity contribution >= 4 is 12.0 Å². The average molecular weight is 258 g/mol. The number of aliphatic carboxylic acids is 1. The van der Waals surface area contributed by atoms with E-state index in [4.69, 9.17) is 9.84 Å². The fraction of sp³-hybridized carbons (Fsp3) is 0.833. The summed E-state index contributed by atoms with van der Waals surface area (Å²) in [7, 11) is 0. The summed E-state index contributed by atoms with van der Waals surface area (Å²) in [6.07, 6.45) is 2.04. The normalized spacial score (nSPS) is 18.9. The zero-order chi connectivity index (χ0) is 13.5. The lowest BCUT2D eigenvalue weighted by Gasteiger charge is -2.23. The fourth-order valence-electron chi connectivity index (χ4n) is 1.94. The molecule has 0 saturated carbocycles. The molecule has 1 aliphatic rings. The third kappa shape index (κ3) is 5.35. The van der Waals surface area contributed by atoms with Crippen LogP contribution in [0.4, 0.5) is 4.79 Å². The molecule has 104 valence electrons. The molecule has 6 nitrogen and oxygen atoms in total. The summed E-state index contributed by atoms with van der Waals surface area (Å²) in [4.78, 5) is 23.9. The van der Waals surface area contributed by atoms with Gasteiger partial charge in [0.25, 0.3) is 0 Å². The van der Waals surface area contributed by atoms with Gasteiger partial charge in [0, 0.05) is 19.7 Å². The number of amides is 2. The molecule has 2 N–H and O–H groups in total. The fourth-order valence-corrected chi connectivity index (χ4v) is 1.94. The number of carbonyl (C=O) groups is 2. The summed E-state index contributed by atoms with van der Waals surface area (Å²) in [6.45, 7) is 5.25. The van der Waals surface area contributed by atoms with Gasteiger partial charge in [-0.2, -0.15) is 0 Å². The smallest absolute Gasteiger partial charge is 0.323 e. The van der Waals surface area contributed by atoms with Crippen molar-refractivity contribution in [3.8, 4) is 0 Å². The van der Waals surface area contributed by atoms with Gasteiger partial charge in [-0.1, -0.05) is 13.8 Å². The number of hydrogen-bond acceptors (Lipinski definition) is 3. The molecule has 0 aromatic heterocycles. The van der Waals surface area contributed by atoms with E-state index in [1.165, 1.54) is 4.90 Å². The van der Waals surface area contributed by atoms with Crippen LogP contribution in [0.2, 0.25) is 0 Å². The Morgan fingerprint density at radius 3 is 2.72 bits per heavy atom. The molecule has 1 fully saturated rings. The first-order valence-corrected chi connectivity index (χ1v) is 6.35. The maximum absolute atomic E-state index is 11.9. The minimum Gasteiger partial charge on any atom is -0.480 e. The van der Waals surface area contributed by atoms with Gasteiger partial charge in [-0.3, -0.25) is 4.79 Å². The van der Waals surface area contributed by atoms with Crippen molar-refractivity contribution in [3.05, 3.63) is 0 Å². The predicted octanol–water partition coefficient (Wildman–Crippen LogP) is 0.918. The molecule has 6 heteroatoms. The maximum Gasteiger partial charge on any atom is 0.323 e. The van der Waals surface area contributed by atoms with Gasteiger partial charge in [-0.15, -0.1) is 0 Å². The number of carboxylic acids is 1. The van der Waals surface area contributed by atoms with Crippen molar-refractivity contribution in [3.63, 3.8) is 0 Å². The van der Waals surface area contributed by atoms with E-state index in [9.17, 15) is 9.59 Å². The average Bonchev–Trinajstić information content (AvgIpc) is 2.76. The molecule has 0 aromatic rings. The molecule has 2 amide bonds. The SMILES string of the molecule is CC(C)CN(CC(=O)O)C(=O)NCC1CCCO1. The second-order valence-electron chi connectivity index (χ2n) is 4.99. The van der Waals surface area contributed by atoms with Crippen molar-refractivity contribution in [2.75, 3.05) is 26.2 Å². The summed E-state index contributed by atoms with van der Waals surface area (Å²) >= 11 is 0. The van der Waals surface area contributed by atoms with Crippen LogP contribution in [0, 0.1) is 5.92 Å². The molecule has 1 atom stereocenters. The zero-order valence-electron chi connectivity index (χ0n) is 11.0. The lowest BCUT2D eigenvalue weighted by atomic mass is 10.2. The maximum atomic E-state index is 11.9. The Morgan fingerprint density at radius 1 is 1.50 bits per heavy atom. The molecule has 0 aliphatic carbocycles. The molecule has 1 aliphatic heterocycles. The van der Waals surface area contributed by atoms with Crippen LogP contribution >= 0.6 is 0 Å². The van der Waals surface area contributed by atoms with Crippen LogP contribution in [0.5, 0.6) is 0 Å². The van der Waals surface area contributed by atoms with Crippen LogP contribution in [0.15, 0.2) is 0 Å². The third-order valence-electron chi connectivity index (χ3n) is 2.70. The number of ether oxygens (including phenoxy) is 1. The highest BCUT2D eigenvalue weighted by Gasteiger charge is 2.20. The standard InChI is InChI=1S/C12H22N2O4/c1-9(2)7-14(8-11(15)16)12(17)13-6-10-4-3-5-18-10/h9-10H,3-8H2,1-2H3,(H,13,17)(H,15,16). The highest BCUT2D eigenvalue weighted by molar-refractivity contribution is 5.80. The van der Waals surface area contributed by atoms with Gasteiger partial charge < -0.3 is 20.1 Å². The van der Waals surface area contributed by atoms with Gasteiger partial charge in [0.15, 0.2) is 0 Å². The van der Waals surface area contributed by atoms with Crippen LogP contribution < -0.4 is 5.32 Å². The van der Waals surface area contributed by atoms with Crippen molar-refractivity contribution in [2.45, 2.75) is 32.8 Å². The Morgan fingerprint density at radius 2 is 2.22 bits per heavy atom. The number of urea groups is 1. The quantitative estimate of drug-likeness (QED) is 0.742. The van der Waals surface area contributed by atoms with Crippen LogP contribution in [-0.2, 0) is 9.53 Å². The number of nitrogens with one attached hydrogen (secondary N) is 1. The highest BCUT2D eigenvalue weighted by atomic mass is 16.5. The highest BCUT2D eigenvalue weighted by Crippen LogP contribution is 2.10. The van der Waals surface area contributed by atoms with Gasteiger partial charge >= 0.3 is 12.0 Å². The number of carboxylic acid groups (broad SMARTS) is 1. The van der Waals surface area contributed by atoms with E-state index < -0.39 is 5.97 Å². The number of nitrogens with zero attached hydrogens (tertiary/aromatic N) is 1. The molecule has 1 saturated heterocycles. The Kier molecular flexibility index (Phi) is 5.91. The van der Waals surface area contributed by atoms with E-state index in [0.29, 0.717) is 13.1 Å². The summed E-state index contributed by atoms with van der Waals surface area (Å²) in [5.74, 6) is -0.763. The van der Waals surface area contributed by atoms with Crippen molar-refractivity contribution in [1.82, 2.24) is 10.2 Å². The first-order valence-electron chi connectivity index (χ1n) is 6.35. The first-order chi connectivity index (χ1) is 8.49. The van der Waals surface area contributed by atoms with E-state index in [1.807, 2.05) is 13.8 Å². The van der Waals surface area contributed by atoms with Crippen molar-refractivity contribution in [2.24, 2.45) is 5.92 Å². The molecule has 0 bridgehead atoms. The van der Waals surface area contributed by atoms with Crippen LogP contribution in [0.3, 0.4) is 0 Å². The zero-order valence-corrected chi connectivity index (χ0v) is 11.0. The van der Waals surface area contributed by atoms with Crippen LogP contribution in [-0.4, -0.2) is 54.4 Å². The van der Waals surface area contributed by atoms with Gasteiger partial charge in [0.1, 0.15) is 6.54 Å². The Hall–Kier alpha value is -1.30. The summed E-state index contributed by atoms with van der Waals surface area (Å²) in [5.41, 5.74) is 0. The Balaban J connectivity index is 2.39. The second-order valence-corrected chi connectivity index (χ2v) is 4.99. The molecule has 0 radical (unpaired) electrons. The lowest BCUT2D eigenvalue weighted by molar-refractivity contribution is -0.137. The molecular formula is C12H22N2O4. The largest absolute Gasteiger partial charge is 0.480 e. The van der Waals surface area contributed by atoms with E-state index in [-0.39, 0.29) is 24.6 Å². The van der Waals surface area contributed by atoms with E-state index in [1.54, 1.807) is 0 Å². The van der Waals surface area contributed by atoms with E-state index in [2.05, 4.69) is 5.32 Å². The molecule has 18 heavy (non-hydrogen) atoms. The molecule has 0 spiro atoms. The minimum atomic E-state index is -0.997. The second kappa shape index (κ2) is 7.20. The van der Waals surface area contributed by atoms with E-state index >= 15 is 0 Å². The third-order valence-corrected chi connectivity index (χ3v) is 2.70. The van der Waals surface area contributed by atoms with Gasteiger partial charge in [0.2, 0.25) is 0 Å². The topological polar surface area (TPSA) is 78.9 Å². The number of hydrogen-bond donors (Lipinski definition) is 2. The van der Waals surface area contributed by atoms with Crippen LogP contribution in [0.25, 0.3) is 0 Å². The molecule has 1 unspecified atom stereocenters. The predicted molar refractivity (Wildman–Crippen MR) is 66.4 cm³/mol. The Bertz CT molecular complexity index is 288. The Labute approximate surface area is 107 Å². The molecule has 0 aromatic carbocycles. The minimum absolute atomic E-state index is 0.0691.